The molecular weight excluding hydrogens is 317 g/mol. The first-order valence-corrected chi connectivity index (χ1v) is 8.54. The van der Waals surface area contributed by atoms with Crippen LogP contribution >= 0.6 is 11.3 Å². The van der Waals surface area contributed by atoms with Crippen LogP contribution in [0.4, 0.5) is 14.3 Å². The number of aromatic nitrogens is 3. The molecule has 4 heterocycles. The van der Waals surface area contributed by atoms with Crippen LogP contribution in [0.15, 0.2) is 12.3 Å². The maximum absolute atomic E-state index is 13.9. The third-order valence-corrected chi connectivity index (χ3v) is 5.54. The van der Waals surface area contributed by atoms with E-state index in [1.165, 1.54) is 17.5 Å². The van der Waals surface area contributed by atoms with E-state index < -0.39 is 5.95 Å². The van der Waals surface area contributed by atoms with E-state index >= 15 is 0 Å². The van der Waals surface area contributed by atoms with Crippen molar-refractivity contribution >= 4 is 22.5 Å². The molecule has 2 atom stereocenters. The van der Waals surface area contributed by atoms with Gasteiger partial charge in [-0.3, -0.25) is 5.32 Å². The Morgan fingerprint density at radius 1 is 1.48 bits per heavy atom. The normalized spacial score (nSPS) is 22.1. The molecule has 1 saturated heterocycles. The van der Waals surface area contributed by atoms with Crippen molar-refractivity contribution in [2.45, 2.75) is 44.7 Å². The molecule has 2 aromatic rings. The predicted octanol–water partition coefficient (Wildman–Crippen LogP) is 2.93. The lowest BCUT2D eigenvalue weighted by molar-refractivity contribution is 0.178. The smallest absolute Gasteiger partial charge is 0.314 e. The minimum atomic E-state index is -0.406. The molecule has 120 valence electrons. The van der Waals surface area contributed by atoms with E-state index in [-0.39, 0.29) is 18.1 Å². The fourth-order valence-corrected chi connectivity index (χ4v) is 4.20. The van der Waals surface area contributed by atoms with Crippen molar-refractivity contribution in [3.8, 4) is 0 Å². The van der Waals surface area contributed by atoms with Crippen LogP contribution in [-0.2, 0) is 12.8 Å². The minimum absolute atomic E-state index is 0.0183. The van der Waals surface area contributed by atoms with Gasteiger partial charge in [-0.2, -0.15) is 4.39 Å². The molecule has 2 amide bonds. The van der Waals surface area contributed by atoms with Crippen molar-refractivity contribution in [3.63, 3.8) is 0 Å². The Morgan fingerprint density at radius 3 is 3.13 bits per heavy atom. The van der Waals surface area contributed by atoms with Crippen LogP contribution in [0.1, 0.15) is 41.9 Å². The van der Waals surface area contributed by atoms with E-state index in [4.69, 9.17) is 0 Å². The zero-order chi connectivity index (χ0) is 16.0. The Bertz CT molecular complexity index is 764. The lowest BCUT2D eigenvalue weighted by Crippen LogP contribution is -2.44. The SMILES string of the molecule is CCc1nnc(NC(=O)N2[C@H]3CC[C@@H]2c2ccnc(F)c2C3)s1. The second kappa shape index (κ2) is 5.52. The Morgan fingerprint density at radius 2 is 2.35 bits per heavy atom. The van der Waals surface area contributed by atoms with Crippen LogP contribution in [-0.4, -0.2) is 32.2 Å². The molecule has 6 nitrogen and oxygen atoms in total. The van der Waals surface area contributed by atoms with Gasteiger partial charge in [0.05, 0.1) is 6.04 Å². The van der Waals surface area contributed by atoms with Crippen LogP contribution in [0.2, 0.25) is 0 Å². The van der Waals surface area contributed by atoms with Gasteiger partial charge in [-0.05, 0) is 37.3 Å². The molecule has 0 radical (unpaired) electrons. The number of halogens is 1. The molecule has 2 aromatic heterocycles. The number of amides is 2. The van der Waals surface area contributed by atoms with Gasteiger partial charge in [0, 0.05) is 17.8 Å². The first-order valence-electron chi connectivity index (χ1n) is 7.72. The minimum Gasteiger partial charge on any atom is -0.314 e. The highest BCUT2D eigenvalue weighted by Crippen LogP contribution is 2.44. The molecule has 1 fully saturated rings. The standard InChI is InChI=1S/C15H16FN5OS/c1-2-12-19-20-14(23-12)18-15(22)21-8-3-4-11(21)9-5-6-17-13(16)10(9)7-8/h5-6,8,11H,2-4,7H2,1H3,(H,18,20,22)/t8-,11+/m0/s1. The molecule has 4 rings (SSSR count). The molecule has 2 aliphatic rings. The second-order valence-corrected chi connectivity index (χ2v) is 6.87. The summed E-state index contributed by atoms with van der Waals surface area (Å²) in [6, 6.07) is 1.58. The molecule has 0 spiro atoms. The number of nitrogens with zero attached hydrogens (tertiary/aromatic N) is 4. The average Bonchev–Trinajstić information content (AvgIpc) is 3.12. The molecule has 8 heteroatoms. The van der Waals surface area contributed by atoms with Gasteiger partial charge in [-0.25, -0.2) is 9.78 Å². The fourth-order valence-electron chi connectivity index (χ4n) is 3.53. The summed E-state index contributed by atoms with van der Waals surface area (Å²) >= 11 is 1.39. The number of aryl methyl sites for hydroxylation is 1. The van der Waals surface area contributed by atoms with Crippen molar-refractivity contribution in [2.24, 2.45) is 0 Å². The van der Waals surface area contributed by atoms with Crippen molar-refractivity contribution < 1.29 is 9.18 Å². The lowest BCUT2D eigenvalue weighted by atomic mass is 9.95. The first-order chi connectivity index (χ1) is 11.2. The van der Waals surface area contributed by atoms with Crippen molar-refractivity contribution in [3.05, 3.63) is 34.3 Å². The molecule has 2 bridgehead atoms. The summed E-state index contributed by atoms with van der Waals surface area (Å²) in [6.45, 7) is 2.00. The highest BCUT2D eigenvalue weighted by atomic mass is 32.1. The van der Waals surface area contributed by atoms with E-state index in [2.05, 4.69) is 20.5 Å². The number of anilines is 1. The Labute approximate surface area is 136 Å². The van der Waals surface area contributed by atoms with Gasteiger partial charge >= 0.3 is 6.03 Å². The molecule has 0 unspecified atom stereocenters. The van der Waals surface area contributed by atoms with Gasteiger partial charge in [0.25, 0.3) is 0 Å². The summed E-state index contributed by atoms with van der Waals surface area (Å²) in [6.07, 6.45) is 4.52. The number of nitrogens with one attached hydrogen (secondary N) is 1. The monoisotopic (exact) mass is 333 g/mol. The topological polar surface area (TPSA) is 71.0 Å². The summed E-state index contributed by atoms with van der Waals surface area (Å²) in [5.74, 6) is -0.406. The van der Waals surface area contributed by atoms with E-state index in [0.29, 0.717) is 17.1 Å². The summed E-state index contributed by atoms with van der Waals surface area (Å²) in [5, 5.41) is 12.2. The third kappa shape index (κ3) is 2.37. The van der Waals surface area contributed by atoms with E-state index in [9.17, 15) is 9.18 Å². The second-order valence-electron chi connectivity index (χ2n) is 5.81. The zero-order valence-electron chi connectivity index (χ0n) is 12.6. The van der Waals surface area contributed by atoms with Crippen molar-refractivity contribution in [1.82, 2.24) is 20.1 Å². The number of hydrogen-bond acceptors (Lipinski definition) is 5. The van der Waals surface area contributed by atoms with Crippen LogP contribution in [0.25, 0.3) is 0 Å². The lowest BCUT2D eigenvalue weighted by Gasteiger charge is -2.35. The molecule has 0 aliphatic carbocycles. The predicted molar refractivity (Wildman–Crippen MR) is 83.8 cm³/mol. The summed E-state index contributed by atoms with van der Waals surface area (Å²) in [5.41, 5.74) is 1.54. The van der Waals surface area contributed by atoms with Crippen LogP contribution in [0, 0.1) is 5.95 Å². The number of rotatable bonds is 2. The largest absolute Gasteiger partial charge is 0.324 e. The number of urea groups is 1. The number of hydrogen-bond donors (Lipinski definition) is 1. The highest BCUT2D eigenvalue weighted by Gasteiger charge is 2.43. The summed E-state index contributed by atoms with van der Waals surface area (Å²) < 4.78 is 13.9. The molecule has 2 aliphatic heterocycles. The molecule has 23 heavy (non-hydrogen) atoms. The quantitative estimate of drug-likeness (QED) is 0.858. The van der Waals surface area contributed by atoms with Gasteiger partial charge < -0.3 is 4.90 Å². The van der Waals surface area contributed by atoms with E-state index in [1.807, 2.05) is 17.9 Å². The maximum atomic E-state index is 13.9. The van der Waals surface area contributed by atoms with Crippen LogP contribution in [0.5, 0.6) is 0 Å². The van der Waals surface area contributed by atoms with Gasteiger partial charge in [-0.15, -0.1) is 10.2 Å². The number of fused-ring (bicyclic) bond motifs is 4. The Hall–Kier alpha value is -2.09. The summed E-state index contributed by atoms with van der Waals surface area (Å²) in [4.78, 5) is 18.2. The highest BCUT2D eigenvalue weighted by molar-refractivity contribution is 7.15. The molecule has 0 saturated carbocycles. The zero-order valence-corrected chi connectivity index (χ0v) is 13.4. The number of pyridine rings is 1. The van der Waals surface area contributed by atoms with Gasteiger partial charge in [0.1, 0.15) is 5.01 Å². The first kappa shape index (κ1) is 14.5. The Balaban J connectivity index is 1.59. The van der Waals surface area contributed by atoms with Gasteiger partial charge in [0.2, 0.25) is 11.1 Å². The maximum Gasteiger partial charge on any atom is 0.324 e. The van der Waals surface area contributed by atoms with Gasteiger partial charge in [-0.1, -0.05) is 18.3 Å². The Kier molecular flexibility index (Phi) is 3.48. The van der Waals surface area contributed by atoms with Crippen molar-refractivity contribution in [1.29, 1.82) is 0 Å². The average molecular weight is 333 g/mol. The van der Waals surface area contributed by atoms with E-state index in [0.717, 1.165) is 29.8 Å². The number of carbonyl (C=O) groups excluding carboxylic acids is 1. The van der Waals surface area contributed by atoms with Gasteiger partial charge in [0.15, 0.2) is 0 Å². The molecule has 0 aromatic carbocycles. The van der Waals surface area contributed by atoms with Crippen LogP contribution in [0.3, 0.4) is 0 Å². The summed E-state index contributed by atoms with van der Waals surface area (Å²) in [7, 11) is 0. The van der Waals surface area contributed by atoms with E-state index in [1.54, 1.807) is 0 Å². The van der Waals surface area contributed by atoms with Crippen molar-refractivity contribution in [2.75, 3.05) is 5.32 Å². The number of carbonyl (C=O) groups is 1. The molecular formula is C15H16FN5OS. The third-order valence-electron chi connectivity index (χ3n) is 4.56. The fraction of sp³-hybridized carbons (Fsp3) is 0.467. The molecule has 1 N–H and O–H groups in total. The van der Waals surface area contributed by atoms with Crippen LogP contribution < -0.4 is 5.32 Å².